The van der Waals surface area contributed by atoms with E-state index in [1.807, 2.05) is 0 Å². The van der Waals surface area contributed by atoms with Gasteiger partial charge in [-0.05, 0) is 85.6 Å². The molecular formula is C41H31N9O25S8. The number of nitrogens with zero attached hydrogens (tertiary/aromatic N) is 9. The molecule has 34 nitrogen and oxygen atoms in total. The normalized spacial score (nSPS) is 13.6. The van der Waals surface area contributed by atoms with Crippen molar-refractivity contribution in [2.75, 3.05) is 12.4 Å². The Morgan fingerprint density at radius 1 is 0.639 bits per heavy atom. The Morgan fingerprint density at radius 3 is 1.86 bits per heavy atom. The van der Waals surface area contributed by atoms with Crippen LogP contribution in [0.5, 0.6) is 17.4 Å². The molecule has 0 aliphatic heterocycles. The first-order valence-corrected chi connectivity index (χ1v) is 32.4. The molecule has 0 aliphatic carbocycles. The molecule has 0 aliphatic rings. The van der Waals surface area contributed by atoms with Crippen molar-refractivity contribution in [2.24, 2.45) is 30.7 Å². The van der Waals surface area contributed by atoms with E-state index < -0.39 is 176 Å². The van der Waals surface area contributed by atoms with Gasteiger partial charge in [-0.15, -0.1) is 30.7 Å². The number of hydrogen-bond acceptors (Lipinski definition) is 26. The smallest absolute Gasteiger partial charge is 0.358 e. The molecule has 10 N–H and O–H groups in total. The number of phenolic OH excluding ortho intramolecular Hbond substituents is 1. The van der Waals surface area contributed by atoms with Gasteiger partial charge in [0.1, 0.15) is 42.4 Å². The molecule has 0 amide bonds. The number of carboxylic acid groups (broad SMARTS) is 1. The van der Waals surface area contributed by atoms with Crippen LogP contribution < -0.4 is 4.74 Å². The average Bonchev–Trinajstić information content (AvgIpc) is 4.00. The molecule has 1 atom stereocenters. The summed E-state index contributed by atoms with van der Waals surface area (Å²) in [7, 11) is -32.4. The maximum absolute atomic E-state index is 13.1. The summed E-state index contributed by atoms with van der Waals surface area (Å²) in [4.78, 5) is 9.89. The largest absolute Gasteiger partial charge is 0.505 e. The summed E-state index contributed by atoms with van der Waals surface area (Å²) in [6.45, 7) is 1.04. The Bertz CT molecular complexity index is 4970. The van der Waals surface area contributed by atoms with Gasteiger partial charge in [0, 0.05) is 27.6 Å². The van der Waals surface area contributed by atoms with Gasteiger partial charge < -0.3 is 24.6 Å². The summed E-state index contributed by atoms with van der Waals surface area (Å²) >= 11 is -1.29. The zero-order valence-electron chi connectivity index (χ0n) is 40.4. The molecule has 0 saturated heterocycles. The number of ether oxygens (including phenoxy) is 1. The molecule has 0 spiro atoms. The summed E-state index contributed by atoms with van der Waals surface area (Å²) in [5, 5.41) is 56.1. The second-order valence-electron chi connectivity index (χ2n) is 16.7. The van der Waals surface area contributed by atoms with E-state index >= 15 is 0 Å². The predicted octanol–water partition coefficient (Wildman–Crippen LogP) is 6.92. The molecular weight excluding hydrogens is 1280 g/mol. The number of azo groups is 3. The minimum Gasteiger partial charge on any atom is -0.505 e. The number of rotatable bonds is 19. The molecule has 1 unspecified atom stereocenters. The SMILES string of the molecule is Cc1cc(N=Nc2c(S(=O)(=O)O)cc3c(S(=O)(=O)O)c(N=Nc4c(C(=O)O)nn(-c5cc(S(=O)(=O)O)c6cc(S(=O)(=O)O)cc(S(=O)(=O)O)c6c5)c4O)ccc3c2O)c(OCCCS(=O)(=O)O)cc1N=Nc1nc2ccc(S(=O)O)cc2s1. The fourth-order valence-corrected chi connectivity index (χ4v) is 12.9. The monoisotopic (exact) mass is 1300 g/mol. The molecule has 8 rings (SSSR count). The van der Waals surface area contributed by atoms with E-state index in [0.717, 1.165) is 17.4 Å². The van der Waals surface area contributed by atoms with E-state index in [9.17, 15) is 107 Å². The Balaban J connectivity index is 1.23. The van der Waals surface area contributed by atoms with Crippen molar-refractivity contribution in [1.29, 1.82) is 0 Å². The number of aromatic carboxylic acids is 1. The number of carboxylic acids is 1. The fraction of sp³-hybridized carbons (Fsp3) is 0.0976. The van der Waals surface area contributed by atoms with Gasteiger partial charge in [0.25, 0.3) is 60.7 Å². The average molecular weight is 1310 g/mol. The molecule has 0 saturated carbocycles. The molecule has 42 heteroatoms. The van der Waals surface area contributed by atoms with Crippen LogP contribution in [0.15, 0.2) is 133 Å². The number of aryl methyl sites for hydroxylation is 1. The van der Waals surface area contributed by atoms with Gasteiger partial charge in [-0.25, -0.2) is 14.0 Å². The first-order valence-electron chi connectivity index (χ1n) is 21.7. The second-order valence-corrected chi connectivity index (χ2v) is 27.2. The van der Waals surface area contributed by atoms with Gasteiger partial charge in [0.2, 0.25) is 16.7 Å². The maximum atomic E-state index is 13.1. The minimum atomic E-state index is -5.73. The van der Waals surface area contributed by atoms with Crippen LogP contribution in [0.3, 0.4) is 0 Å². The van der Waals surface area contributed by atoms with E-state index in [-0.39, 0.29) is 49.9 Å². The van der Waals surface area contributed by atoms with Crippen LogP contribution in [-0.4, -0.2) is 135 Å². The van der Waals surface area contributed by atoms with Gasteiger partial charge in [-0.1, -0.05) is 11.3 Å². The highest BCUT2D eigenvalue weighted by atomic mass is 32.2. The van der Waals surface area contributed by atoms with Crippen LogP contribution in [-0.2, 0) is 71.8 Å². The highest BCUT2D eigenvalue weighted by Crippen LogP contribution is 2.47. The van der Waals surface area contributed by atoms with Crippen LogP contribution >= 0.6 is 11.3 Å². The van der Waals surface area contributed by atoms with Gasteiger partial charge in [-0.2, -0.15) is 60.3 Å². The third-order valence-corrected chi connectivity index (χ3v) is 18.0. The molecule has 438 valence electrons. The minimum absolute atomic E-state index is 0.0588. The van der Waals surface area contributed by atoms with Crippen LogP contribution in [0.2, 0.25) is 0 Å². The summed E-state index contributed by atoms with van der Waals surface area (Å²) < 4.78 is 236. The van der Waals surface area contributed by atoms with Crippen LogP contribution in [0.25, 0.3) is 37.4 Å². The quantitative estimate of drug-likeness (QED) is 0.0170. The molecule has 8 aromatic rings. The van der Waals surface area contributed by atoms with Crippen molar-refractivity contribution in [3.05, 3.63) is 84.1 Å². The van der Waals surface area contributed by atoms with E-state index in [1.165, 1.54) is 37.3 Å². The van der Waals surface area contributed by atoms with E-state index in [0.29, 0.717) is 40.5 Å². The molecule has 2 heterocycles. The Kier molecular flexibility index (Phi) is 16.3. The van der Waals surface area contributed by atoms with E-state index in [2.05, 4.69) is 40.8 Å². The first-order chi connectivity index (χ1) is 38.3. The van der Waals surface area contributed by atoms with Crippen molar-refractivity contribution in [3.8, 4) is 23.1 Å². The van der Waals surface area contributed by atoms with Gasteiger partial charge >= 0.3 is 5.97 Å². The summed E-state index contributed by atoms with van der Waals surface area (Å²) in [6, 6.07) is 10.0. The number of fused-ring (bicyclic) bond motifs is 3. The number of benzene rings is 6. The zero-order valence-corrected chi connectivity index (χ0v) is 47.0. The van der Waals surface area contributed by atoms with Gasteiger partial charge in [-0.3, -0.25) is 27.3 Å². The lowest BCUT2D eigenvalue weighted by Gasteiger charge is -2.13. The number of carbonyl (C=O) groups is 1. The third-order valence-electron chi connectivity index (χ3n) is 11.2. The third kappa shape index (κ3) is 13.2. The van der Waals surface area contributed by atoms with Crippen molar-refractivity contribution in [3.63, 3.8) is 0 Å². The van der Waals surface area contributed by atoms with Gasteiger partial charge in [0.15, 0.2) is 22.5 Å². The molecule has 83 heavy (non-hydrogen) atoms. The number of hydrogen-bond donors (Lipinski definition) is 10. The lowest BCUT2D eigenvalue weighted by molar-refractivity contribution is 0.0690. The topological polar surface area (TPSA) is 555 Å². The predicted molar refractivity (Wildman–Crippen MR) is 283 cm³/mol. The summed E-state index contributed by atoms with van der Waals surface area (Å²) in [6.07, 6.45) is -0.311. The highest BCUT2D eigenvalue weighted by molar-refractivity contribution is 7.87. The molecule has 2 aromatic heterocycles. The zero-order chi connectivity index (χ0) is 61.3. The maximum Gasteiger partial charge on any atom is 0.358 e. The lowest BCUT2D eigenvalue weighted by Crippen LogP contribution is -2.09. The first kappa shape index (κ1) is 61.3. The van der Waals surface area contributed by atoms with Gasteiger partial charge in [0.05, 0.1) is 43.7 Å². The second kappa shape index (κ2) is 22.1. The Labute approximate surface area is 470 Å². The van der Waals surface area contributed by atoms with Crippen molar-refractivity contribution in [2.45, 2.75) is 42.7 Å². The number of aromatic nitrogens is 3. The number of thiazole rings is 1. The highest BCUT2D eigenvalue weighted by Gasteiger charge is 2.31. The van der Waals surface area contributed by atoms with E-state index in [4.69, 9.17) is 4.74 Å². The Hall–Kier alpha value is -7.82. The standard InChI is InChI=1S/C41H31N9O25S8/c1-17-9-28(29(75-7-2-8-78(57,58)59)16-27(17)44-48-41-42-25-5-3-19(77(55)56)12-30(25)76-41)45-46-34-33(82(69,70)71)15-24-21(37(34)51)4-6-26(38(24)83(72,73)74)43-47-35-36(40(53)54)49-50(39(35)52)18-10-22-23(31(11-18)80(63,64)65)13-20(79(60,61)62)14-32(22)81(66,67)68/h3-6,9-16,51-52H,2,7-8H2,1H3,(H,53,54)(H,55,56)(H,57,58,59)(H,60,61,62)(H,63,64,65)(H,66,67,68)(H,69,70,71)(H,72,73,74). The van der Waals surface area contributed by atoms with Crippen LogP contribution in [0.4, 0.5) is 33.6 Å². The van der Waals surface area contributed by atoms with Crippen LogP contribution in [0.1, 0.15) is 22.5 Å². The van der Waals surface area contributed by atoms with Crippen molar-refractivity contribution in [1.82, 2.24) is 14.8 Å². The molecule has 0 radical (unpaired) electrons. The molecule has 0 fully saturated rings. The fourth-order valence-electron chi connectivity index (χ4n) is 7.63. The lowest BCUT2D eigenvalue weighted by atomic mass is 10.1. The molecule has 6 aromatic carbocycles. The van der Waals surface area contributed by atoms with Crippen molar-refractivity contribution < 1.29 is 111 Å². The molecule has 0 bridgehead atoms. The van der Waals surface area contributed by atoms with Crippen LogP contribution in [0, 0.1) is 6.92 Å². The summed E-state index contributed by atoms with van der Waals surface area (Å²) in [5.41, 5.74) is -5.21. The van der Waals surface area contributed by atoms with Crippen molar-refractivity contribution >= 4 is 154 Å². The Morgan fingerprint density at radius 2 is 1.25 bits per heavy atom. The number of aromatic hydroxyl groups is 2. The van der Waals surface area contributed by atoms with E-state index in [1.54, 1.807) is 0 Å². The summed E-state index contributed by atoms with van der Waals surface area (Å²) in [5.74, 6) is -5.85. The number of phenols is 1.